The smallest absolute Gasteiger partial charge is 0.258 e. The van der Waals surface area contributed by atoms with Crippen molar-refractivity contribution in [3.8, 4) is 16.9 Å². The summed E-state index contributed by atoms with van der Waals surface area (Å²) < 4.78 is 5.52. The first-order valence-electron chi connectivity index (χ1n) is 7.71. The lowest BCUT2D eigenvalue weighted by molar-refractivity contribution is -0.123. The Kier molecular flexibility index (Phi) is 4.94. The van der Waals surface area contributed by atoms with Gasteiger partial charge in [-0.2, -0.15) is 5.10 Å². The first kappa shape index (κ1) is 16.5. The van der Waals surface area contributed by atoms with Crippen molar-refractivity contribution in [2.75, 3.05) is 6.61 Å². The highest BCUT2D eigenvalue weighted by Crippen LogP contribution is 2.24. The van der Waals surface area contributed by atoms with Gasteiger partial charge in [-0.1, -0.05) is 0 Å². The summed E-state index contributed by atoms with van der Waals surface area (Å²) in [7, 11) is 0. The summed E-state index contributed by atoms with van der Waals surface area (Å²) in [4.78, 5) is 25.6. The summed E-state index contributed by atoms with van der Waals surface area (Å²) in [6.07, 6.45) is 3.34. The molecule has 0 atom stereocenters. The normalized spacial score (nSPS) is 10.4. The van der Waals surface area contributed by atoms with E-state index in [1.807, 2.05) is 19.1 Å². The van der Waals surface area contributed by atoms with Crippen molar-refractivity contribution in [3.05, 3.63) is 70.4 Å². The van der Waals surface area contributed by atoms with Crippen molar-refractivity contribution < 1.29 is 9.53 Å². The molecule has 0 fully saturated rings. The second-order valence-corrected chi connectivity index (χ2v) is 5.47. The Hall–Kier alpha value is -3.35. The number of aromatic amines is 2. The number of amides is 1. The van der Waals surface area contributed by atoms with E-state index >= 15 is 0 Å². The van der Waals surface area contributed by atoms with Gasteiger partial charge in [0.25, 0.3) is 5.91 Å². The average molecular weight is 337 g/mol. The van der Waals surface area contributed by atoms with Crippen LogP contribution in [0.5, 0.6) is 5.75 Å². The molecule has 3 rings (SSSR count). The van der Waals surface area contributed by atoms with E-state index in [2.05, 4.69) is 26.6 Å². The summed E-state index contributed by atoms with van der Waals surface area (Å²) in [6.45, 7) is 2.05. The zero-order valence-electron chi connectivity index (χ0n) is 13.6. The Bertz CT molecular complexity index is 930. The number of hydrogen-bond acceptors (Lipinski definition) is 4. The molecule has 2 aromatic heterocycles. The molecule has 1 radical (unpaired) electrons. The number of rotatable bonds is 6. The molecule has 0 spiro atoms. The fraction of sp³-hybridized carbons (Fsp3) is 0.167. The highest BCUT2D eigenvalue weighted by atomic mass is 16.5. The van der Waals surface area contributed by atoms with E-state index in [1.54, 1.807) is 24.5 Å². The predicted molar refractivity (Wildman–Crippen MR) is 92.0 cm³/mol. The Morgan fingerprint density at radius 2 is 2.24 bits per heavy atom. The third-order valence-electron chi connectivity index (χ3n) is 3.60. The highest BCUT2D eigenvalue weighted by Gasteiger charge is 2.07. The second kappa shape index (κ2) is 7.48. The van der Waals surface area contributed by atoms with Crippen LogP contribution in [0.3, 0.4) is 0 Å². The zero-order valence-corrected chi connectivity index (χ0v) is 13.6. The van der Waals surface area contributed by atoms with Crippen molar-refractivity contribution >= 4 is 5.91 Å². The standard InChI is InChI=1S/C18H17N4O3/c1-12-16(10-21-22-12)14-3-2-4-15(8-14)25-11-18(24)20-9-13-5-6-19-17(23)7-13/h3-8,10H,9,11H2,1H3,(H,19,23)(H,20,24)(H,21,22). The molecule has 7 heteroatoms. The number of aromatic nitrogens is 3. The molecule has 7 nitrogen and oxygen atoms in total. The molecule has 0 aliphatic rings. The van der Waals surface area contributed by atoms with Crippen molar-refractivity contribution in [1.82, 2.24) is 20.5 Å². The number of hydrogen-bond donors (Lipinski definition) is 3. The van der Waals surface area contributed by atoms with Gasteiger partial charge >= 0.3 is 0 Å². The Balaban J connectivity index is 1.55. The molecule has 3 aromatic rings. The van der Waals surface area contributed by atoms with E-state index in [-0.39, 0.29) is 24.6 Å². The molecule has 2 heterocycles. The molecule has 0 aliphatic carbocycles. The number of benzene rings is 1. The molecule has 0 unspecified atom stereocenters. The van der Waals surface area contributed by atoms with Crippen LogP contribution >= 0.6 is 0 Å². The minimum Gasteiger partial charge on any atom is -0.484 e. The van der Waals surface area contributed by atoms with Crippen LogP contribution in [0.25, 0.3) is 11.1 Å². The molecule has 1 aromatic carbocycles. The molecule has 0 bridgehead atoms. The van der Waals surface area contributed by atoms with Crippen LogP contribution in [-0.2, 0) is 11.3 Å². The number of nitrogens with zero attached hydrogens (tertiary/aromatic N) is 1. The van der Waals surface area contributed by atoms with Gasteiger partial charge in [-0.25, -0.2) is 0 Å². The van der Waals surface area contributed by atoms with Crippen LogP contribution in [0, 0.1) is 13.0 Å². The lowest BCUT2D eigenvalue weighted by Crippen LogP contribution is -2.28. The van der Waals surface area contributed by atoms with Gasteiger partial charge in [-0.3, -0.25) is 14.7 Å². The van der Waals surface area contributed by atoms with Gasteiger partial charge in [0.1, 0.15) is 5.75 Å². The van der Waals surface area contributed by atoms with Crippen LogP contribution in [0.15, 0.2) is 47.5 Å². The van der Waals surface area contributed by atoms with Crippen LogP contribution in [0.2, 0.25) is 0 Å². The van der Waals surface area contributed by atoms with E-state index in [0.717, 1.165) is 22.4 Å². The van der Waals surface area contributed by atoms with Crippen LogP contribution in [-0.4, -0.2) is 27.7 Å². The number of nitrogens with one attached hydrogen (secondary N) is 3. The van der Waals surface area contributed by atoms with Crippen LogP contribution < -0.4 is 15.6 Å². The van der Waals surface area contributed by atoms with Crippen LogP contribution in [0.4, 0.5) is 0 Å². The Morgan fingerprint density at radius 3 is 3.00 bits per heavy atom. The SMILES string of the molecule is Cc1n[nH]cc1-c1c[c]cc(OCC(=O)NCc2cc[nH]c(=O)c2)c1. The summed E-state index contributed by atoms with van der Waals surface area (Å²) in [5.41, 5.74) is 3.27. The summed E-state index contributed by atoms with van der Waals surface area (Å²) in [5, 5.41) is 9.60. The average Bonchev–Trinajstić information content (AvgIpc) is 3.04. The summed E-state index contributed by atoms with van der Waals surface area (Å²) in [5.74, 6) is 0.273. The molecule has 0 aliphatic heterocycles. The van der Waals surface area contributed by atoms with E-state index in [1.165, 1.54) is 6.07 Å². The topological polar surface area (TPSA) is 99.9 Å². The maximum absolute atomic E-state index is 11.9. The van der Waals surface area contributed by atoms with Gasteiger partial charge in [0.2, 0.25) is 5.56 Å². The minimum atomic E-state index is -0.273. The third kappa shape index (κ3) is 4.35. The lowest BCUT2D eigenvalue weighted by atomic mass is 10.1. The third-order valence-corrected chi connectivity index (χ3v) is 3.60. The van der Waals surface area contributed by atoms with E-state index in [4.69, 9.17) is 4.74 Å². The van der Waals surface area contributed by atoms with Gasteiger partial charge in [-0.15, -0.1) is 0 Å². The monoisotopic (exact) mass is 337 g/mol. The number of H-pyrrole nitrogens is 2. The number of carbonyl (C=O) groups is 1. The Labute approximate surface area is 144 Å². The van der Waals surface area contributed by atoms with Crippen molar-refractivity contribution in [3.63, 3.8) is 0 Å². The van der Waals surface area contributed by atoms with Gasteiger partial charge in [-0.05, 0) is 48.4 Å². The summed E-state index contributed by atoms with van der Waals surface area (Å²) >= 11 is 0. The molecule has 127 valence electrons. The Morgan fingerprint density at radius 1 is 1.36 bits per heavy atom. The van der Waals surface area contributed by atoms with Gasteiger partial charge in [0.05, 0.1) is 5.69 Å². The van der Waals surface area contributed by atoms with E-state index in [0.29, 0.717) is 5.75 Å². The van der Waals surface area contributed by atoms with Gasteiger partial charge in [0, 0.05) is 30.6 Å². The van der Waals surface area contributed by atoms with Gasteiger partial charge in [0.15, 0.2) is 6.61 Å². The first-order valence-corrected chi connectivity index (χ1v) is 7.71. The molecule has 0 saturated heterocycles. The highest BCUT2D eigenvalue weighted by molar-refractivity contribution is 5.77. The maximum atomic E-state index is 11.9. The van der Waals surface area contributed by atoms with Crippen molar-refractivity contribution in [2.45, 2.75) is 13.5 Å². The van der Waals surface area contributed by atoms with E-state index < -0.39 is 0 Å². The fourth-order valence-corrected chi connectivity index (χ4v) is 2.34. The van der Waals surface area contributed by atoms with Gasteiger partial charge < -0.3 is 15.0 Å². The molecule has 3 N–H and O–H groups in total. The predicted octanol–water partition coefficient (Wildman–Crippen LogP) is 1.57. The van der Waals surface area contributed by atoms with Crippen molar-refractivity contribution in [2.24, 2.45) is 0 Å². The zero-order chi connectivity index (χ0) is 17.6. The number of carbonyl (C=O) groups excluding carboxylic acids is 1. The number of ether oxygens (including phenoxy) is 1. The van der Waals surface area contributed by atoms with E-state index in [9.17, 15) is 9.59 Å². The first-order chi connectivity index (χ1) is 12.1. The molecule has 25 heavy (non-hydrogen) atoms. The van der Waals surface area contributed by atoms with Crippen molar-refractivity contribution in [1.29, 1.82) is 0 Å². The largest absolute Gasteiger partial charge is 0.484 e. The minimum absolute atomic E-state index is 0.120. The quantitative estimate of drug-likeness (QED) is 0.635. The summed E-state index contributed by atoms with van der Waals surface area (Å²) in [6, 6.07) is 11.5. The molecular weight excluding hydrogens is 320 g/mol. The number of pyridine rings is 1. The second-order valence-electron chi connectivity index (χ2n) is 5.47. The number of aryl methyl sites for hydroxylation is 1. The lowest BCUT2D eigenvalue weighted by Gasteiger charge is -2.08. The maximum Gasteiger partial charge on any atom is 0.258 e. The molecule has 1 amide bonds. The fourth-order valence-electron chi connectivity index (χ4n) is 2.34. The molecule has 0 saturated carbocycles. The van der Waals surface area contributed by atoms with Crippen LogP contribution in [0.1, 0.15) is 11.3 Å². The molecular formula is C18H17N4O3.